The van der Waals surface area contributed by atoms with Crippen molar-refractivity contribution in [3.05, 3.63) is 57.5 Å². The first-order valence-electron chi connectivity index (χ1n) is 10.1. The monoisotopic (exact) mass is 510 g/mol. The summed E-state index contributed by atoms with van der Waals surface area (Å²) in [6.45, 7) is 5.66. The highest BCUT2D eigenvalue weighted by atomic mass is 79.9. The minimum Gasteiger partial charge on any atom is -0.497 e. The molecule has 8 heteroatoms. The highest BCUT2D eigenvalue weighted by Gasteiger charge is 2.27. The van der Waals surface area contributed by atoms with Gasteiger partial charge in [-0.3, -0.25) is 9.59 Å². The average molecular weight is 512 g/mol. The minimum absolute atomic E-state index is 0.0192. The summed E-state index contributed by atoms with van der Waals surface area (Å²) in [6.07, 6.45) is 0.802. The number of ether oxygens (including phenoxy) is 2. The van der Waals surface area contributed by atoms with Gasteiger partial charge in [0.1, 0.15) is 17.5 Å². The van der Waals surface area contributed by atoms with Crippen LogP contribution in [0.2, 0.25) is 5.02 Å². The van der Waals surface area contributed by atoms with Crippen molar-refractivity contribution in [1.82, 2.24) is 10.2 Å². The van der Waals surface area contributed by atoms with Crippen molar-refractivity contribution in [2.75, 3.05) is 13.7 Å². The summed E-state index contributed by atoms with van der Waals surface area (Å²) in [5.74, 6) is 0.594. The summed E-state index contributed by atoms with van der Waals surface area (Å²) in [5, 5.41) is 3.33. The van der Waals surface area contributed by atoms with E-state index >= 15 is 0 Å². The Kier molecular flexibility index (Phi) is 9.65. The molecule has 2 aromatic rings. The summed E-state index contributed by atoms with van der Waals surface area (Å²) in [5.41, 5.74) is 0.874. The van der Waals surface area contributed by atoms with Crippen LogP contribution in [-0.4, -0.2) is 42.5 Å². The minimum atomic E-state index is -0.674. The van der Waals surface area contributed by atoms with Crippen LogP contribution >= 0.6 is 27.5 Å². The quantitative estimate of drug-likeness (QED) is 0.496. The maximum absolute atomic E-state index is 13.1. The molecule has 0 unspecified atom stereocenters. The molecule has 0 heterocycles. The zero-order chi connectivity index (χ0) is 23.0. The molecular formula is C23H28BrClN2O4. The lowest BCUT2D eigenvalue weighted by Gasteiger charge is -2.29. The van der Waals surface area contributed by atoms with Gasteiger partial charge in [0.15, 0.2) is 6.61 Å². The Morgan fingerprint density at radius 3 is 2.42 bits per heavy atom. The molecule has 2 rings (SSSR count). The summed E-state index contributed by atoms with van der Waals surface area (Å²) in [6, 6.07) is 11.9. The third-order valence-corrected chi connectivity index (χ3v) is 5.71. The number of hydrogen-bond donors (Lipinski definition) is 1. The summed E-state index contributed by atoms with van der Waals surface area (Å²) in [4.78, 5) is 27.3. The standard InChI is InChI=1S/C23H28BrClN2O4/c1-5-15(2)26-23(29)16(3)27(13-17-6-9-19(30-4)10-7-17)22(28)14-31-21-11-8-18(24)12-20(21)25/h6-12,15-16H,5,13-14H2,1-4H3,(H,26,29)/t15-,16+/m1/s1. The molecule has 168 valence electrons. The van der Waals surface area contributed by atoms with E-state index in [1.54, 1.807) is 32.2 Å². The van der Waals surface area contributed by atoms with Crippen LogP contribution in [0, 0.1) is 0 Å². The molecule has 0 saturated heterocycles. The van der Waals surface area contributed by atoms with E-state index < -0.39 is 6.04 Å². The predicted molar refractivity (Wildman–Crippen MR) is 126 cm³/mol. The van der Waals surface area contributed by atoms with Crippen LogP contribution in [0.1, 0.15) is 32.8 Å². The van der Waals surface area contributed by atoms with Crippen LogP contribution in [0.15, 0.2) is 46.9 Å². The van der Waals surface area contributed by atoms with Gasteiger partial charge in [-0.15, -0.1) is 0 Å². The van der Waals surface area contributed by atoms with Crippen molar-refractivity contribution >= 4 is 39.3 Å². The highest BCUT2D eigenvalue weighted by molar-refractivity contribution is 9.10. The van der Waals surface area contributed by atoms with Gasteiger partial charge in [0, 0.05) is 17.1 Å². The van der Waals surface area contributed by atoms with Crippen molar-refractivity contribution in [2.24, 2.45) is 0 Å². The molecule has 0 fully saturated rings. The molecule has 0 saturated carbocycles. The Morgan fingerprint density at radius 1 is 1.16 bits per heavy atom. The number of amides is 2. The van der Waals surface area contributed by atoms with Gasteiger partial charge >= 0.3 is 0 Å². The zero-order valence-corrected chi connectivity index (χ0v) is 20.5. The van der Waals surface area contributed by atoms with Crippen LogP contribution < -0.4 is 14.8 Å². The second kappa shape index (κ2) is 12.0. The molecule has 0 spiro atoms. The van der Waals surface area contributed by atoms with Crippen LogP contribution in [0.25, 0.3) is 0 Å². The maximum Gasteiger partial charge on any atom is 0.261 e. The van der Waals surface area contributed by atoms with Crippen LogP contribution in [0.5, 0.6) is 11.5 Å². The van der Waals surface area contributed by atoms with E-state index in [-0.39, 0.29) is 31.0 Å². The highest BCUT2D eigenvalue weighted by Crippen LogP contribution is 2.27. The van der Waals surface area contributed by atoms with Gasteiger partial charge in [0.05, 0.1) is 12.1 Å². The van der Waals surface area contributed by atoms with Crippen molar-refractivity contribution in [3.8, 4) is 11.5 Å². The molecule has 1 N–H and O–H groups in total. The van der Waals surface area contributed by atoms with E-state index in [1.165, 1.54) is 4.90 Å². The molecule has 2 amide bonds. The molecule has 0 aliphatic heterocycles. The van der Waals surface area contributed by atoms with Gasteiger partial charge in [0.2, 0.25) is 5.91 Å². The summed E-state index contributed by atoms with van der Waals surface area (Å²) in [7, 11) is 1.59. The van der Waals surface area contributed by atoms with Crippen LogP contribution in [-0.2, 0) is 16.1 Å². The SMILES string of the molecule is CC[C@@H](C)NC(=O)[C@H](C)N(Cc1ccc(OC)cc1)C(=O)COc1ccc(Br)cc1Cl. The Morgan fingerprint density at radius 2 is 1.84 bits per heavy atom. The van der Waals surface area contributed by atoms with Crippen LogP contribution in [0.4, 0.5) is 0 Å². The van der Waals surface area contributed by atoms with E-state index in [1.807, 2.05) is 38.1 Å². The van der Waals surface area contributed by atoms with Gasteiger partial charge in [-0.2, -0.15) is 0 Å². The zero-order valence-electron chi connectivity index (χ0n) is 18.2. The van der Waals surface area contributed by atoms with Gasteiger partial charge in [0.25, 0.3) is 5.91 Å². The topological polar surface area (TPSA) is 67.9 Å². The summed E-state index contributed by atoms with van der Waals surface area (Å²) >= 11 is 9.52. The molecule has 0 aromatic heterocycles. The van der Waals surface area contributed by atoms with Crippen molar-refractivity contribution in [3.63, 3.8) is 0 Å². The van der Waals surface area contributed by atoms with Gasteiger partial charge < -0.3 is 19.7 Å². The number of nitrogens with one attached hydrogen (secondary N) is 1. The first-order chi connectivity index (χ1) is 14.7. The van der Waals surface area contributed by atoms with Crippen molar-refractivity contribution < 1.29 is 19.1 Å². The number of methoxy groups -OCH3 is 1. The number of rotatable bonds is 10. The van der Waals surface area contributed by atoms with Gasteiger partial charge in [-0.05, 0) is 56.2 Å². The predicted octanol–water partition coefficient (Wildman–Crippen LogP) is 4.82. The smallest absolute Gasteiger partial charge is 0.261 e. The molecule has 31 heavy (non-hydrogen) atoms. The second-order valence-electron chi connectivity index (χ2n) is 7.23. The molecular weight excluding hydrogens is 484 g/mol. The van der Waals surface area contributed by atoms with E-state index in [9.17, 15) is 9.59 Å². The lowest BCUT2D eigenvalue weighted by Crippen LogP contribution is -2.50. The fourth-order valence-electron chi connectivity index (χ4n) is 2.79. The Hall–Kier alpha value is -2.25. The molecule has 2 atom stereocenters. The third-order valence-electron chi connectivity index (χ3n) is 4.93. The van der Waals surface area contributed by atoms with Crippen molar-refractivity contribution in [1.29, 1.82) is 0 Å². The third kappa shape index (κ3) is 7.43. The maximum atomic E-state index is 13.1. The molecule has 0 aliphatic carbocycles. The van der Waals surface area contributed by atoms with Crippen LogP contribution in [0.3, 0.4) is 0 Å². The van der Waals surface area contributed by atoms with Crippen molar-refractivity contribution in [2.45, 2.75) is 45.8 Å². The number of halogens is 2. The van der Waals surface area contributed by atoms with E-state index in [4.69, 9.17) is 21.1 Å². The number of carbonyl (C=O) groups is 2. The number of hydrogen-bond acceptors (Lipinski definition) is 4. The fourth-order valence-corrected chi connectivity index (χ4v) is 3.52. The Balaban J connectivity index is 2.17. The van der Waals surface area contributed by atoms with E-state index in [0.29, 0.717) is 10.8 Å². The number of benzene rings is 2. The largest absolute Gasteiger partial charge is 0.497 e. The average Bonchev–Trinajstić information content (AvgIpc) is 2.76. The molecule has 2 aromatic carbocycles. The fraction of sp³-hybridized carbons (Fsp3) is 0.391. The first-order valence-corrected chi connectivity index (χ1v) is 11.2. The van der Waals surface area contributed by atoms with Gasteiger partial charge in [-0.1, -0.05) is 46.6 Å². The number of nitrogens with zero attached hydrogens (tertiary/aromatic N) is 1. The Labute approximate surface area is 197 Å². The van der Waals surface area contributed by atoms with E-state index in [0.717, 1.165) is 22.2 Å². The lowest BCUT2D eigenvalue weighted by atomic mass is 10.1. The summed E-state index contributed by atoms with van der Waals surface area (Å²) < 4.78 is 11.6. The molecule has 0 bridgehead atoms. The second-order valence-corrected chi connectivity index (χ2v) is 8.55. The normalized spacial score (nSPS) is 12.6. The van der Waals surface area contributed by atoms with Gasteiger partial charge in [-0.25, -0.2) is 0 Å². The molecule has 6 nitrogen and oxygen atoms in total. The first kappa shape index (κ1) is 25.0. The van der Waals surface area contributed by atoms with E-state index in [2.05, 4.69) is 21.2 Å². The lowest BCUT2D eigenvalue weighted by molar-refractivity contribution is -0.142. The molecule has 0 aliphatic rings. The molecule has 0 radical (unpaired) electrons. The number of carbonyl (C=O) groups excluding carboxylic acids is 2. The Bertz CT molecular complexity index is 892.